The molecule has 102 valence electrons. The second-order valence-corrected chi connectivity index (χ2v) is 5.88. The molecule has 0 aliphatic heterocycles. The van der Waals surface area contributed by atoms with Gasteiger partial charge in [0.15, 0.2) is 0 Å². The van der Waals surface area contributed by atoms with Crippen molar-refractivity contribution in [2.75, 3.05) is 0 Å². The van der Waals surface area contributed by atoms with Crippen molar-refractivity contribution in [2.45, 2.75) is 58.4 Å². The molecule has 19 heavy (non-hydrogen) atoms. The molecule has 2 atom stereocenters. The molecule has 4 nitrogen and oxygen atoms in total. The summed E-state index contributed by atoms with van der Waals surface area (Å²) in [6.45, 7) is 6.22. The maximum Gasteiger partial charge on any atom is 0.141 e. The Kier molecular flexibility index (Phi) is 3.05. The summed E-state index contributed by atoms with van der Waals surface area (Å²) in [5, 5.41) is 1.22. The highest BCUT2D eigenvalue weighted by Gasteiger charge is 2.25. The SMILES string of the molecule is Cc1nc(C2CCCC(N)C2)c2c(C)c(C)[nH]c2n1. The predicted octanol–water partition coefficient (Wildman–Crippen LogP) is 2.87. The lowest BCUT2D eigenvalue weighted by atomic mass is 9.83. The molecule has 1 aliphatic carbocycles. The van der Waals surface area contributed by atoms with E-state index in [2.05, 4.69) is 23.8 Å². The van der Waals surface area contributed by atoms with Crippen molar-refractivity contribution in [3.05, 3.63) is 22.8 Å². The van der Waals surface area contributed by atoms with E-state index in [1.54, 1.807) is 0 Å². The fourth-order valence-corrected chi connectivity index (χ4v) is 3.28. The van der Waals surface area contributed by atoms with Crippen LogP contribution in [0.2, 0.25) is 0 Å². The van der Waals surface area contributed by atoms with Gasteiger partial charge < -0.3 is 10.7 Å². The monoisotopic (exact) mass is 258 g/mol. The predicted molar refractivity (Wildman–Crippen MR) is 77.3 cm³/mol. The normalized spacial score (nSPS) is 24.0. The van der Waals surface area contributed by atoms with Crippen LogP contribution in [-0.4, -0.2) is 21.0 Å². The highest BCUT2D eigenvalue weighted by molar-refractivity contribution is 5.84. The van der Waals surface area contributed by atoms with E-state index < -0.39 is 0 Å². The van der Waals surface area contributed by atoms with Crippen LogP contribution in [0, 0.1) is 20.8 Å². The molecule has 0 bridgehead atoms. The molecule has 1 saturated carbocycles. The van der Waals surface area contributed by atoms with E-state index in [1.165, 1.54) is 35.2 Å². The fourth-order valence-electron chi connectivity index (χ4n) is 3.28. The van der Waals surface area contributed by atoms with Crippen LogP contribution >= 0.6 is 0 Å². The lowest BCUT2D eigenvalue weighted by Gasteiger charge is -2.26. The Labute approximate surface area is 113 Å². The van der Waals surface area contributed by atoms with Crippen LogP contribution < -0.4 is 5.73 Å². The van der Waals surface area contributed by atoms with Crippen molar-refractivity contribution in [2.24, 2.45) is 5.73 Å². The molecule has 3 N–H and O–H groups in total. The zero-order valence-electron chi connectivity index (χ0n) is 12.0. The molecule has 2 unspecified atom stereocenters. The lowest BCUT2D eigenvalue weighted by molar-refractivity contribution is 0.389. The van der Waals surface area contributed by atoms with E-state index in [0.717, 1.165) is 24.3 Å². The molecule has 0 amide bonds. The van der Waals surface area contributed by atoms with Crippen molar-refractivity contribution < 1.29 is 0 Å². The van der Waals surface area contributed by atoms with Crippen LogP contribution in [-0.2, 0) is 0 Å². The first-order chi connectivity index (χ1) is 9.06. The summed E-state index contributed by atoms with van der Waals surface area (Å²) < 4.78 is 0. The van der Waals surface area contributed by atoms with Crippen LogP contribution in [0.5, 0.6) is 0 Å². The molecule has 2 aromatic rings. The van der Waals surface area contributed by atoms with Crippen molar-refractivity contribution >= 4 is 11.0 Å². The second-order valence-electron chi connectivity index (χ2n) is 5.88. The molecule has 0 radical (unpaired) electrons. The van der Waals surface area contributed by atoms with Crippen molar-refractivity contribution in [3.63, 3.8) is 0 Å². The zero-order chi connectivity index (χ0) is 13.6. The molecule has 0 aromatic carbocycles. The van der Waals surface area contributed by atoms with E-state index >= 15 is 0 Å². The first-order valence-electron chi connectivity index (χ1n) is 7.15. The summed E-state index contributed by atoms with van der Waals surface area (Å²) in [6.07, 6.45) is 4.60. The summed E-state index contributed by atoms with van der Waals surface area (Å²) in [5.74, 6) is 1.34. The summed E-state index contributed by atoms with van der Waals surface area (Å²) in [5.41, 5.74) is 10.8. The third-order valence-corrected chi connectivity index (χ3v) is 4.39. The van der Waals surface area contributed by atoms with Gasteiger partial charge in [-0.25, -0.2) is 9.97 Å². The van der Waals surface area contributed by atoms with Gasteiger partial charge in [-0.15, -0.1) is 0 Å². The van der Waals surface area contributed by atoms with Gasteiger partial charge in [0.1, 0.15) is 11.5 Å². The van der Waals surface area contributed by atoms with Gasteiger partial charge in [0, 0.05) is 23.0 Å². The van der Waals surface area contributed by atoms with Gasteiger partial charge >= 0.3 is 0 Å². The van der Waals surface area contributed by atoms with Crippen molar-refractivity contribution in [3.8, 4) is 0 Å². The number of hydrogen-bond donors (Lipinski definition) is 2. The van der Waals surface area contributed by atoms with Crippen LogP contribution in [0.4, 0.5) is 0 Å². The van der Waals surface area contributed by atoms with Gasteiger partial charge in [0.25, 0.3) is 0 Å². The Bertz CT molecular complexity index is 614. The molecule has 1 aliphatic rings. The number of H-pyrrole nitrogens is 1. The summed E-state index contributed by atoms with van der Waals surface area (Å²) in [4.78, 5) is 12.7. The number of aryl methyl sites for hydroxylation is 3. The van der Waals surface area contributed by atoms with Gasteiger partial charge in [0.05, 0.1) is 5.69 Å². The number of nitrogens with two attached hydrogens (primary N) is 1. The molecular weight excluding hydrogens is 236 g/mol. The quantitative estimate of drug-likeness (QED) is 0.826. The molecule has 2 aromatic heterocycles. The van der Waals surface area contributed by atoms with E-state index in [9.17, 15) is 0 Å². The third kappa shape index (κ3) is 2.14. The van der Waals surface area contributed by atoms with Gasteiger partial charge in [-0.1, -0.05) is 6.42 Å². The Hall–Kier alpha value is -1.42. The molecule has 0 spiro atoms. The van der Waals surface area contributed by atoms with Gasteiger partial charge in [-0.3, -0.25) is 0 Å². The van der Waals surface area contributed by atoms with E-state index in [0.29, 0.717) is 12.0 Å². The minimum Gasteiger partial charge on any atom is -0.343 e. The maximum atomic E-state index is 6.14. The van der Waals surface area contributed by atoms with Gasteiger partial charge in [-0.05, 0) is 45.6 Å². The molecule has 1 fully saturated rings. The Morgan fingerprint density at radius 2 is 1.95 bits per heavy atom. The molecule has 4 heteroatoms. The van der Waals surface area contributed by atoms with Crippen LogP contribution in [0.15, 0.2) is 0 Å². The number of fused-ring (bicyclic) bond motifs is 1. The van der Waals surface area contributed by atoms with Crippen LogP contribution in [0.1, 0.15) is 54.4 Å². The van der Waals surface area contributed by atoms with Crippen molar-refractivity contribution in [1.82, 2.24) is 15.0 Å². The number of aromatic nitrogens is 3. The van der Waals surface area contributed by atoms with Gasteiger partial charge in [0.2, 0.25) is 0 Å². The Balaban J connectivity index is 2.16. The van der Waals surface area contributed by atoms with E-state index in [-0.39, 0.29) is 0 Å². The first kappa shape index (κ1) is 12.6. The fraction of sp³-hybridized carbons (Fsp3) is 0.600. The molecule has 2 heterocycles. The van der Waals surface area contributed by atoms with Gasteiger partial charge in [-0.2, -0.15) is 0 Å². The highest BCUT2D eigenvalue weighted by atomic mass is 15.0. The second kappa shape index (κ2) is 4.60. The Morgan fingerprint density at radius 1 is 1.16 bits per heavy atom. The maximum absolute atomic E-state index is 6.14. The zero-order valence-corrected chi connectivity index (χ0v) is 12.0. The van der Waals surface area contributed by atoms with Crippen LogP contribution in [0.25, 0.3) is 11.0 Å². The molecular formula is C15H22N4. The van der Waals surface area contributed by atoms with Crippen molar-refractivity contribution in [1.29, 1.82) is 0 Å². The topological polar surface area (TPSA) is 67.6 Å². The van der Waals surface area contributed by atoms with Crippen LogP contribution in [0.3, 0.4) is 0 Å². The number of aromatic amines is 1. The third-order valence-electron chi connectivity index (χ3n) is 4.39. The standard InChI is InChI=1S/C15H22N4/c1-8-9(2)17-15-13(8)14(18-10(3)19-15)11-5-4-6-12(16)7-11/h11-12H,4-7,16H2,1-3H3,(H,17,18,19). The largest absolute Gasteiger partial charge is 0.343 e. The number of hydrogen-bond acceptors (Lipinski definition) is 3. The smallest absolute Gasteiger partial charge is 0.141 e. The molecule has 3 rings (SSSR count). The summed E-state index contributed by atoms with van der Waals surface area (Å²) in [7, 11) is 0. The van der Waals surface area contributed by atoms with E-state index in [1.807, 2.05) is 6.92 Å². The summed E-state index contributed by atoms with van der Waals surface area (Å²) in [6, 6.07) is 0.324. The number of nitrogens with one attached hydrogen (secondary N) is 1. The number of rotatable bonds is 1. The van der Waals surface area contributed by atoms with E-state index in [4.69, 9.17) is 10.7 Å². The highest BCUT2D eigenvalue weighted by Crippen LogP contribution is 2.36. The molecule has 0 saturated heterocycles. The number of nitrogens with zero attached hydrogens (tertiary/aromatic N) is 2. The minimum absolute atomic E-state index is 0.324. The average Bonchev–Trinajstić information content (AvgIpc) is 2.64. The Morgan fingerprint density at radius 3 is 2.68 bits per heavy atom. The average molecular weight is 258 g/mol. The minimum atomic E-state index is 0.324. The summed E-state index contributed by atoms with van der Waals surface area (Å²) >= 11 is 0. The lowest BCUT2D eigenvalue weighted by Crippen LogP contribution is -2.27. The first-order valence-corrected chi connectivity index (χ1v) is 7.15.